The number of nitrogens with zero attached hydrogens (tertiary/aromatic N) is 1. The number of rotatable bonds is 8. The van der Waals surface area contributed by atoms with Gasteiger partial charge in [-0.2, -0.15) is 4.31 Å². The van der Waals surface area contributed by atoms with Gasteiger partial charge in [0.05, 0.1) is 18.6 Å². The first-order valence-corrected chi connectivity index (χ1v) is 8.36. The second-order valence-electron chi connectivity index (χ2n) is 4.57. The van der Waals surface area contributed by atoms with Crippen LogP contribution in [0.4, 0.5) is 0 Å². The van der Waals surface area contributed by atoms with Gasteiger partial charge < -0.3 is 4.42 Å². The fourth-order valence-electron chi connectivity index (χ4n) is 1.87. The lowest BCUT2D eigenvalue weighted by atomic mass is 10.4. The summed E-state index contributed by atoms with van der Waals surface area (Å²) in [5.74, 6) is 1.39. The normalized spacial score (nSPS) is 16.3. The third-order valence-corrected chi connectivity index (χ3v) is 5.20. The summed E-state index contributed by atoms with van der Waals surface area (Å²) < 4.78 is 31.3. The Balaban J connectivity index is 2.00. The van der Waals surface area contributed by atoms with E-state index in [9.17, 15) is 8.42 Å². The van der Waals surface area contributed by atoms with Crippen LogP contribution >= 0.6 is 11.6 Å². The molecule has 6 heteroatoms. The Bertz CT molecular complexity index is 454. The minimum atomic E-state index is -3.19. The Morgan fingerprint density at radius 2 is 2.17 bits per heavy atom. The van der Waals surface area contributed by atoms with Gasteiger partial charge in [-0.3, -0.25) is 0 Å². The summed E-state index contributed by atoms with van der Waals surface area (Å²) in [6.07, 6.45) is 4.83. The number of alkyl halides is 1. The standard InChI is InChI=1S/C12H18ClNO3S/c13-7-1-2-9-18(15,16)14(11-5-6-11)10-12-4-3-8-17-12/h3-4,8,11H,1-2,5-7,9-10H2. The molecular formula is C12H18ClNO3S. The third-order valence-electron chi connectivity index (χ3n) is 2.99. The van der Waals surface area contributed by atoms with E-state index in [4.69, 9.17) is 16.0 Å². The van der Waals surface area contributed by atoms with E-state index in [0.717, 1.165) is 19.3 Å². The zero-order valence-electron chi connectivity index (χ0n) is 10.2. The molecule has 0 unspecified atom stereocenters. The number of furan rings is 1. The lowest BCUT2D eigenvalue weighted by molar-refractivity contribution is 0.356. The summed E-state index contributed by atoms with van der Waals surface area (Å²) >= 11 is 5.58. The third kappa shape index (κ3) is 3.73. The Morgan fingerprint density at radius 1 is 1.39 bits per heavy atom. The molecule has 2 rings (SSSR count). The number of hydrogen-bond acceptors (Lipinski definition) is 3. The predicted molar refractivity (Wildman–Crippen MR) is 71.0 cm³/mol. The number of unbranched alkanes of at least 4 members (excludes halogenated alkanes) is 1. The molecule has 0 N–H and O–H groups in total. The van der Waals surface area contributed by atoms with Crippen LogP contribution in [0, 0.1) is 0 Å². The van der Waals surface area contributed by atoms with Gasteiger partial charge in [0.25, 0.3) is 0 Å². The molecule has 0 saturated heterocycles. The lowest BCUT2D eigenvalue weighted by Gasteiger charge is -2.20. The van der Waals surface area contributed by atoms with Crippen LogP contribution in [-0.2, 0) is 16.6 Å². The van der Waals surface area contributed by atoms with Crippen molar-refractivity contribution in [3.05, 3.63) is 24.2 Å². The highest BCUT2D eigenvalue weighted by molar-refractivity contribution is 7.89. The van der Waals surface area contributed by atoms with Crippen LogP contribution in [0.25, 0.3) is 0 Å². The van der Waals surface area contributed by atoms with Gasteiger partial charge >= 0.3 is 0 Å². The molecule has 0 spiro atoms. The molecule has 1 aliphatic carbocycles. The molecule has 0 amide bonds. The van der Waals surface area contributed by atoms with Crippen LogP contribution in [0.15, 0.2) is 22.8 Å². The molecule has 102 valence electrons. The summed E-state index contributed by atoms with van der Waals surface area (Å²) in [7, 11) is -3.19. The maximum absolute atomic E-state index is 12.3. The highest BCUT2D eigenvalue weighted by atomic mass is 35.5. The fourth-order valence-corrected chi connectivity index (χ4v) is 3.85. The van der Waals surface area contributed by atoms with Gasteiger partial charge in [0.1, 0.15) is 5.76 Å². The molecular weight excluding hydrogens is 274 g/mol. The van der Waals surface area contributed by atoms with Crippen molar-refractivity contribution in [3.8, 4) is 0 Å². The maximum atomic E-state index is 12.3. The largest absolute Gasteiger partial charge is 0.468 e. The fraction of sp³-hybridized carbons (Fsp3) is 0.667. The van der Waals surface area contributed by atoms with Gasteiger partial charge in [0.2, 0.25) is 10.0 Å². The molecule has 1 saturated carbocycles. The molecule has 0 atom stereocenters. The molecule has 1 heterocycles. The van der Waals surface area contributed by atoms with Gasteiger partial charge in [-0.05, 0) is 37.8 Å². The van der Waals surface area contributed by atoms with E-state index in [0.29, 0.717) is 24.6 Å². The van der Waals surface area contributed by atoms with Crippen LogP contribution < -0.4 is 0 Å². The molecule has 1 aliphatic rings. The zero-order valence-corrected chi connectivity index (χ0v) is 11.8. The van der Waals surface area contributed by atoms with Crippen molar-refractivity contribution in [1.82, 2.24) is 4.31 Å². The summed E-state index contributed by atoms with van der Waals surface area (Å²) in [5.41, 5.74) is 0. The van der Waals surface area contributed by atoms with Crippen LogP contribution in [0.3, 0.4) is 0 Å². The maximum Gasteiger partial charge on any atom is 0.214 e. The van der Waals surface area contributed by atoms with E-state index in [-0.39, 0.29) is 11.8 Å². The monoisotopic (exact) mass is 291 g/mol. The number of halogens is 1. The van der Waals surface area contributed by atoms with Crippen molar-refractivity contribution in [3.63, 3.8) is 0 Å². The Hall–Kier alpha value is -0.520. The zero-order chi connectivity index (χ0) is 13.0. The number of hydrogen-bond donors (Lipinski definition) is 0. The van der Waals surface area contributed by atoms with Crippen molar-refractivity contribution >= 4 is 21.6 Å². The van der Waals surface area contributed by atoms with E-state index in [1.54, 1.807) is 16.6 Å². The first-order valence-electron chi connectivity index (χ1n) is 6.21. The summed E-state index contributed by atoms with van der Waals surface area (Å²) in [4.78, 5) is 0. The van der Waals surface area contributed by atoms with E-state index in [1.165, 1.54) is 0 Å². The quantitative estimate of drug-likeness (QED) is 0.546. The molecule has 0 bridgehead atoms. The minimum absolute atomic E-state index is 0.163. The van der Waals surface area contributed by atoms with Crippen LogP contribution in [0.1, 0.15) is 31.4 Å². The van der Waals surface area contributed by atoms with Gasteiger partial charge in [-0.25, -0.2) is 8.42 Å². The predicted octanol–water partition coefficient (Wildman–Crippen LogP) is 2.59. The summed E-state index contributed by atoms with van der Waals surface area (Å²) in [5, 5.41) is 0. The molecule has 4 nitrogen and oxygen atoms in total. The Kier molecular flexibility index (Phi) is 4.70. The van der Waals surface area contributed by atoms with E-state index in [2.05, 4.69) is 0 Å². The van der Waals surface area contributed by atoms with Crippen LogP contribution in [0.2, 0.25) is 0 Å². The molecule has 1 aromatic heterocycles. The molecule has 1 fully saturated rings. The van der Waals surface area contributed by atoms with Crippen molar-refractivity contribution in [2.45, 2.75) is 38.3 Å². The van der Waals surface area contributed by atoms with E-state index in [1.807, 2.05) is 6.07 Å². The summed E-state index contributed by atoms with van der Waals surface area (Å²) in [6.45, 7) is 0.348. The van der Waals surface area contributed by atoms with Gasteiger partial charge in [-0.15, -0.1) is 11.6 Å². The second kappa shape index (κ2) is 6.08. The Morgan fingerprint density at radius 3 is 2.72 bits per heavy atom. The highest BCUT2D eigenvalue weighted by Crippen LogP contribution is 2.31. The average molecular weight is 292 g/mol. The topological polar surface area (TPSA) is 50.5 Å². The SMILES string of the molecule is O=S(=O)(CCCCCl)N(Cc1ccco1)C1CC1. The van der Waals surface area contributed by atoms with Crippen LogP contribution in [0.5, 0.6) is 0 Å². The van der Waals surface area contributed by atoms with Crippen molar-refractivity contribution in [2.24, 2.45) is 0 Å². The highest BCUT2D eigenvalue weighted by Gasteiger charge is 2.37. The molecule has 18 heavy (non-hydrogen) atoms. The molecule has 1 aromatic rings. The smallest absolute Gasteiger partial charge is 0.214 e. The average Bonchev–Trinajstić information content (AvgIpc) is 3.03. The van der Waals surface area contributed by atoms with Gasteiger partial charge in [0.15, 0.2) is 0 Å². The lowest BCUT2D eigenvalue weighted by Crippen LogP contribution is -2.34. The molecule has 0 aliphatic heterocycles. The van der Waals surface area contributed by atoms with E-state index < -0.39 is 10.0 Å². The second-order valence-corrected chi connectivity index (χ2v) is 6.99. The molecule has 0 aromatic carbocycles. The van der Waals surface area contributed by atoms with Crippen molar-refractivity contribution in [2.75, 3.05) is 11.6 Å². The van der Waals surface area contributed by atoms with Crippen molar-refractivity contribution < 1.29 is 12.8 Å². The molecule has 0 radical (unpaired) electrons. The van der Waals surface area contributed by atoms with Crippen molar-refractivity contribution in [1.29, 1.82) is 0 Å². The number of sulfonamides is 1. The van der Waals surface area contributed by atoms with Gasteiger partial charge in [-0.1, -0.05) is 0 Å². The Labute approximate surface area is 113 Å². The van der Waals surface area contributed by atoms with Crippen LogP contribution in [-0.4, -0.2) is 30.4 Å². The first-order chi connectivity index (χ1) is 8.63. The minimum Gasteiger partial charge on any atom is -0.468 e. The van der Waals surface area contributed by atoms with E-state index >= 15 is 0 Å². The van der Waals surface area contributed by atoms with Gasteiger partial charge in [0, 0.05) is 11.9 Å². The first kappa shape index (κ1) is 13.9. The summed E-state index contributed by atoms with van der Waals surface area (Å²) in [6, 6.07) is 3.75.